The highest BCUT2D eigenvalue weighted by Crippen LogP contribution is 2.58. The molecule has 0 radical (unpaired) electrons. The number of hydrogen-bond donors (Lipinski definition) is 2. The van der Waals surface area contributed by atoms with Gasteiger partial charge in [0.1, 0.15) is 11.4 Å². The van der Waals surface area contributed by atoms with Crippen LogP contribution in [-0.2, 0) is 15.6 Å². The number of carbonyl (C=O) groups excluding carboxylic acids is 1. The lowest BCUT2D eigenvalue weighted by molar-refractivity contribution is 0.239. The standard InChI is InChI=1S/C30H26N4O3S2/c1-21-7-5-6-10-27(21)39(36,37)33-29(35)32-30(19-26(30)23-8-3-2-4-9-23)28-31-16-17-34(28)25-13-11-22(12-14-25)24-15-18-38-20-24/h2-18,20,26H,19H2,1H3,(H2,32,33,35)/t26-,30?/m1/s1. The molecule has 7 nitrogen and oxygen atoms in total. The van der Waals surface area contributed by atoms with Crippen LogP contribution in [0.1, 0.15) is 29.3 Å². The Morgan fingerprint density at radius 2 is 1.72 bits per heavy atom. The van der Waals surface area contributed by atoms with Crippen LogP contribution < -0.4 is 10.0 Å². The van der Waals surface area contributed by atoms with Crippen molar-refractivity contribution < 1.29 is 13.2 Å². The van der Waals surface area contributed by atoms with Gasteiger partial charge < -0.3 is 9.88 Å². The molecule has 2 heterocycles. The van der Waals surface area contributed by atoms with E-state index in [1.165, 1.54) is 6.07 Å². The van der Waals surface area contributed by atoms with E-state index in [0.717, 1.165) is 22.4 Å². The molecule has 196 valence electrons. The van der Waals surface area contributed by atoms with E-state index >= 15 is 0 Å². The number of nitrogens with zero attached hydrogens (tertiary/aromatic N) is 2. The number of thiophene rings is 1. The second-order valence-electron chi connectivity index (χ2n) is 9.64. The molecule has 1 saturated carbocycles. The first-order valence-corrected chi connectivity index (χ1v) is 14.9. The topological polar surface area (TPSA) is 93.1 Å². The molecule has 1 fully saturated rings. The molecule has 0 saturated heterocycles. The molecule has 5 aromatic rings. The normalized spacial score (nSPS) is 18.4. The van der Waals surface area contributed by atoms with E-state index < -0.39 is 21.6 Å². The number of rotatable bonds is 7. The van der Waals surface area contributed by atoms with Gasteiger partial charge in [-0.05, 0) is 70.6 Å². The van der Waals surface area contributed by atoms with Gasteiger partial charge in [0.05, 0.1) is 4.90 Å². The lowest BCUT2D eigenvalue weighted by Gasteiger charge is -2.22. The molecule has 6 rings (SSSR count). The van der Waals surface area contributed by atoms with E-state index in [9.17, 15) is 13.2 Å². The Hall–Kier alpha value is -4.21. The summed E-state index contributed by atoms with van der Waals surface area (Å²) in [6.45, 7) is 1.70. The molecule has 0 aliphatic heterocycles. The van der Waals surface area contributed by atoms with Crippen molar-refractivity contribution in [3.05, 3.63) is 125 Å². The molecule has 3 aromatic carbocycles. The summed E-state index contributed by atoms with van der Waals surface area (Å²) in [6.07, 6.45) is 4.15. The lowest BCUT2D eigenvalue weighted by Crippen LogP contribution is -2.46. The van der Waals surface area contributed by atoms with Crippen molar-refractivity contribution in [2.45, 2.75) is 29.7 Å². The highest BCUT2D eigenvalue weighted by molar-refractivity contribution is 7.90. The summed E-state index contributed by atoms with van der Waals surface area (Å²) in [5.41, 5.74) is 3.89. The molecule has 2 amide bonds. The van der Waals surface area contributed by atoms with Gasteiger partial charge in [-0.3, -0.25) is 0 Å². The maximum Gasteiger partial charge on any atom is 0.329 e. The second-order valence-corrected chi connectivity index (χ2v) is 12.1. The summed E-state index contributed by atoms with van der Waals surface area (Å²) in [6, 6.07) is 25.9. The number of carbonyl (C=O) groups is 1. The summed E-state index contributed by atoms with van der Waals surface area (Å²) in [5.74, 6) is 0.569. The van der Waals surface area contributed by atoms with Crippen molar-refractivity contribution >= 4 is 27.4 Å². The first-order chi connectivity index (χ1) is 18.9. The fraction of sp³-hybridized carbons (Fsp3) is 0.133. The fourth-order valence-corrected chi connectivity index (χ4v) is 6.96. The van der Waals surface area contributed by atoms with Crippen molar-refractivity contribution in [2.75, 3.05) is 0 Å². The monoisotopic (exact) mass is 554 g/mol. The van der Waals surface area contributed by atoms with Crippen molar-refractivity contribution in [1.29, 1.82) is 0 Å². The van der Waals surface area contributed by atoms with Crippen LogP contribution in [0.15, 0.2) is 113 Å². The van der Waals surface area contributed by atoms with Gasteiger partial charge >= 0.3 is 6.03 Å². The summed E-state index contributed by atoms with van der Waals surface area (Å²) >= 11 is 1.65. The molecule has 0 spiro atoms. The van der Waals surface area contributed by atoms with Gasteiger partial charge in [0.2, 0.25) is 0 Å². The van der Waals surface area contributed by atoms with E-state index in [1.807, 2.05) is 58.6 Å². The quantitative estimate of drug-likeness (QED) is 0.259. The molecule has 1 aliphatic rings. The minimum Gasteiger partial charge on any atom is -0.324 e. The molecule has 2 aromatic heterocycles. The summed E-state index contributed by atoms with van der Waals surface area (Å²) in [7, 11) is -4.06. The molecule has 1 aliphatic carbocycles. The Bertz CT molecular complexity index is 1730. The second kappa shape index (κ2) is 9.83. The lowest BCUT2D eigenvalue weighted by atomic mass is 10.0. The van der Waals surface area contributed by atoms with Gasteiger partial charge in [0.25, 0.3) is 10.0 Å². The molecule has 2 N–H and O–H groups in total. The number of amides is 2. The smallest absolute Gasteiger partial charge is 0.324 e. The van der Waals surface area contributed by atoms with Crippen LogP contribution >= 0.6 is 11.3 Å². The van der Waals surface area contributed by atoms with Crippen LogP contribution in [0.25, 0.3) is 16.8 Å². The molecule has 39 heavy (non-hydrogen) atoms. The van der Waals surface area contributed by atoms with Gasteiger partial charge in [-0.15, -0.1) is 0 Å². The van der Waals surface area contributed by atoms with E-state index in [4.69, 9.17) is 0 Å². The Morgan fingerprint density at radius 1 is 0.974 bits per heavy atom. The predicted octanol–water partition coefficient (Wildman–Crippen LogP) is 5.98. The molecule has 1 unspecified atom stereocenters. The minimum atomic E-state index is -4.06. The van der Waals surface area contributed by atoms with Gasteiger partial charge in [-0.25, -0.2) is 22.9 Å². The van der Waals surface area contributed by atoms with Crippen molar-refractivity contribution in [3.8, 4) is 16.8 Å². The van der Waals surface area contributed by atoms with E-state index in [-0.39, 0.29) is 10.8 Å². The van der Waals surface area contributed by atoms with Crippen LogP contribution in [0.3, 0.4) is 0 Å². The van der Waals surface area contributed by atoms with Crippen LogP contribution in [-0.4, -0.2) is 24.0 Å². The van der Waals surface area contributed by atoms with E-state index in [1.54, 1.807) is 42.7 Å². The molecular formula is C30H26N4O3S2. The van der Waals surface area contributed by atoms with Gasteiger partial charge in [0, 0.05) is 24.0 Å². The van der Waals surface area contributed by atoms with Gasteiger partial charge in [-0.1, -0.05) is 60.7 Å². The molecule has 2 atom stereocenters. The predicted molar refractivity (Wildman–Crippen MR) is 152 cm³/mol. The number of benzene rings is 3. The number of sulfonamides is 1. The molecule has 9 heteroatoms. The largest absolute Gasteiger partial charge is 0.329 e. The Labute approximate surface area is 231 Å². The Kier molecular flexibility index (Phi) is 6.32. The summed E-state index contributed by atoms with van der Waals surface area (Å²) < 4.78 is 30.2. The highest BCUT2D eigenvalue weighted by Gasteiger charge is 2.60. The first kappa shape index (κ1) is 25.1. The van der Waals surface area contributed by atoms with Crippen molar-refractivity contribution in [1.82, 2.24) is 19.6 Å². The highest BCUT2D eigenvalue weighted by atomic mass is 32.2. The van der Waals surface area contributed by atoms with Crippen molar-refractivity contribution in [3.63, 3.8) is 0 Å². The first-order valence-electron chi connectivity index (χ1n) is 12.5. The zero-order chi connectivity index (χ0) is 27.0. The van der Waals surface area contributed by atoms with Gasteiger partial charge in [0.15, 0.2) is 0 Å². The molecular weight excluding hydrogens is 528 g/mol. The Balaban J connectivity index is 1.33. The third-order valence-electron chi connectivity index (χ3n) is 7.15. The average Bonchev–Trinajstić information content (AvgIpc) is 3.30. The fourth-order valence-electron chi connectivity index (χ4n) is 5.14. The number of nitrogens with one attached hydrogen (secondary N) is 2. The number of imidazole rings is 1. The van der Waals surface area contributed by atoms with E-state index in [0.29, 0.717) is 17.8 Å². The third-order valence-corrected chi connectivity index (χ3v) is 9.32. The maximum atomic E-state index is 13.3. The Morgan fingerprint density at radius 3 is 2.44 bits per heavy atom. The van der Waals surface area contributed by atoms with Crippen LogP contribution in [0.4, 0.5) is 4.79 Å². The number of aromatic nitrogens is 2. The zero-order valence-corrected chi connectivity index (χ0v) is 22.7. The van der Waals surface area contributed by atoms with Crippen LogP contribution in [0.5, 0.6) is 0 Å². The van der Waals surface area contributed by atoms with Crippen LogP contribution in [0.2, 0.25) is 0 Å². The van der Waals surface area contributed by atoms with Crippen molar-refractivity contribution in [2.24, 2.45) is 0 Å². The SMILES string of the molecule is Cc1ccccc1S(=O)(=O)NC(=O)NC1(c2nccn2-c2ccc(-c3ccsc3)cc2)C[C@@H]1c1ccccc1. The summed E-state index contributed by atoms with van der Waals surface area (Å²) in [5, 5.41) is 7.15. The maximum absolute atomic E-state index is 13.3. The third kappa shape index (κ3) is 4.75. The number of urea groups is 1. The van der Waals surface area contributed by atoms with E-state index in [2.05, 4.69) is 38.6 Å². The minimum absolute atomic E-state index is 0.0665. The number of hydrogen-bond acceptors (Lipinski definition) is 5. The van der Waals surface area contributed by atoms with Crippen LogP contribution in [0, 0.1) is 6.92 Å². The average molecular weight is 555 g/mol. The molecule has 0 bridgehead atoms. The zero-order valence-electron chi connectivity index (χ0n) is 21.1. The summed E-state index contributed by atoms with van der Waals surface area (Å²) in [4.78, 5) is 18.0. The number of aryl methyl sites for hydroxylation is 1. The van der Waals surface area contributed by atoms with Gasteiger partial charge in [-0.2, -0.15) is 11.3 Å².